The van der Waals surface area contributed by atoms with Gasteiger partial charge >= 0.3 is 0 Å². The molecule has 0 radical (unpaired) electrons. The highest BCUT2D eigenvalue weighted by molar-refractivity contribution is 5.06. The topological polar surface area (TPSA) is 55.9 Å². The van der Waals surface area contributed by atoms with Crippen LogP contribution < -0.4 is 11.3 Å². The number of hydrogen-bond acceptors (Lipinski definition) is 3. The Hall–Kier alpha value is -0.870. The lowest BCUT2D eigenvalue weighted by Crippen LogP contribution is -2.29. The molecule has 1 heterocycles. The molecule has 0 aromatic carbocycles. The van der Waals surface area contributed by atoms with Crippen molar-refractivity contribution in [2.75, 3.05) is 0 Å². The Balaban J connectivity index is 2.22. The van der Waals surface area contributed by atoms with Crippen molar-refractivity contribution in [3.8, 4) is 0 Å². The first kappa shape index (κ1) is 16.2. The molecule has 0 spiro atoms. The summed E-state index contributed by atoms with van der Waals surface area (Å²) in [6.45, 7) is 5.27. The Morgan fingerprint density at radius 1 is 1.16 bits per heavy atom. The van der Waals surface area contributed by atoms with E-state index in [4.69, 9.17) is 5.84 Å². The van der Waals surface area contributed by atoms with Crippen LogP contribution >= 0.6 is 0 Å². The van der Waals surface area contributed by atoms with Crippen LogP contribution in [-0.4, -0.2) is 9.78 Å². The molecule has 0 aliphatic heterocycles. The number of nitrogens with zero attached hydrogens (tertiary/aromatic N) is 2. The molecule has 1 atom stereocenters. The minimum Gasteiger partial charge on any atom is -0.271 e. The van der Waals surface area contributed by atoms with Crippen LogP contribution in [0.5, 0.6) is 0 Å². The van der Waals surface area contributed by atoms with E-state index in [9.17, 15) is 0 Å². The van der Waals surface area contributed by atoms with Crippen LogP contribution in [0.25, 0.3) is 0 Å². The van der Waals surface area contributed by atoms with E-state index in [1.165, 1.54) is 50.6 Å². The standard InChI is InChI=1S/C15H30N4/c1-3-5-6-7-8-9-10-11-14(18-16)15-12-13-17-19(15)4-2/h12-14,18H,3-11,16H2,1-2H3. The predicted octanol–water partition coefficient (Wildman–Crippen LogP) is 3.55. The van der Waals surface area contributed by atoms with E-state index in [0.29, 0.717) is 0 Å². The molecule has 1 aromatic rings. The summed E-state index contributed by atoms with van der Waals surface area (Å²) in [5, 5.41) is 4.30. The zero-order valence-electron chi connectivity index (χ0n) is 12.6. The Labute approximate surface area is 117 Å². The van der Waals surface area contributed by atoms with E-state index >= 15 is 0 Å². The molecule has 0 bridgehead atoms. The second-order valence-corrected chi connectivity index (χ2v) is 5.20. The maximum atomic E-state index is 5.68. The fraction of sp³-hybridized carbons (Fsp3) is 0.800. The van der Waals surface area contributed by atoms with E-state index in [0.717, 1.165) is 13.0 Å². The second kappa shape index (κ2) is 9.98. The maximum absolute atomic E-state index is 5.68. The highest BCUT2D eigenvalue weighted by Gasteiger charge is 2.13. The number of nitrogens with one attached hydrogen (secondary N) is 1. The Morgan fingerprint density at radius 2 is 1.84 bits per heavy atom. The van der Waals surface area contributed by atoms with Crippen molar-refractivity contribution in [1.82, 2.24) is 15.2 Å². The van der Waals surface area contributed by atoms with Gasteiger partial charge in [0, 0.05) is 12.7 Å². The minimum atomic E-state index is 0.234. The lowest BCUT2D eigenvalue weighted by molar-refractivity contribution is 0.442. The predicted molar refractivity (Wildman–Crippen MR) is 80.6 cm³/mol. The Bertz CT molecular complexity index is 322. The number of unbranched alkanes of at least 4 members (excludes halogenated alkanes) is 6. The molecule has 3 N–H and O–H groups in total. The molecule has 0 fully saturated rings. The number of rotatable bonds is 11. The summed E-state index contributed by atoms with van der Waals surface area (Å²) in [6.07, 6.45) is 12.3. The summed E-state index contributed by atoms with van der Waals surface area (Å²) in [7, 11) is 0. The van der Waals surface area contributed by atoms with Crippen LogP contribution in [0.3, 0.4) is 0 Å². The molecule has 0 aliphatic carbocycles. The monoisotopic (exact) mass is 266 g/mol. The van der Waals surface area contributed by atoms with E-state index in [-0.39, 0.29) is 6.04 Å². The maximum Gasteiger partial charge on any atom is 0.0629 e. The number of aromatic nitrogens is 2. The summed E-state index contributed by atoms with van der Waals surface area (Å²) in [4.78, 5) is 0. The van der Waals surface area contributed by atoms with Gasteiger partial charge in [-0.05, 0) is 19.4 Å². The van der Waals surface area contributed by atoms with Crippen LogP contribution in [0.2, 0.25) is 0 Å². The molecular formula is C15H30N4. The zero-order chi connectivity index (χ0) is 13.9. The SMILES string of the molecule is CCCCCCCCCC(NN)c1ccnn1CC. The molecule has 1 rings (SSSR count). The first-order chi connectivity index (χ1) is 9.33. The van der Waals surface area contributed by atoms with Crippen LogP contribution in [-0.2, 0) is 6.54 Å². The number of aryl methyl sites for hydroxylation is 1. The van der Waals surface area contributed by atoms with Gasteiger partial charge in [-0.1, -0.05) is 51.9 Å². The third-order valence-corrected chi connectivity index (χ3v) is 3.70. The molecule has 0 saturated carbocycles. The van der Waals surface area contributed by atoms with Crippen molar-refractivity contribution in [2.24, 2.45) is 5.84 Å². The van der Waals surface area contributed by atoms with Gasteiger partial charge in [-0.25, -0.2) is 0 Å². The number of hydrogen-bond donors (Lipinski definition) is 2. The molecular weight excluding hydrogens is 236 g/mol. The summed E-state index contributed by atoms with van der Waals surface area (Å²) < 4.78 is 2.02. The van der Waals surface area contributed by atoms with Crippen molar-refractivity contribution in [2.45, 2.75) is 77.8 Å². The molecule has 1 aromatic heterocycles. The van der Waals surface area contributed by atoms with Gasteiger partial charge in [0.05, 0.1) is 11.7 Å². The fourth-order valence-electron chi connectivity index (χ4n) is 2.53. The molecule has 4 heteroatoms. The third kappa shape index (κ3) is 5.74. The molecule has 1 unspecified atom stereocenters. The molecule has 0 amide bonds. The third-order valence-electron chi connectivity index (χ3n) is 3.70. The van der Waals surface area contributed by atoms with Crippen LogP contribution in [0, 0.1) is 0 Å². The van der Waals surface area contributed by atoms with Gasteiger partial charge < -0.3 is 0 Å². The highest BCUT2D eigenvalue weighted by Crippen LogP contribution is 2.19. The van der Waals surface area contributed by atoms with Crippen molar-refractivity contribution < 1.29 is 0 Å². The average Bonchev–Trinajstić information content (AvgIpc) is 2.90. The van der Waals surface area contributed by atoms with E-state index in [1.54, 1.807) is 0 Å². The van der Waals surface area contributed by atoms with Gasteiger partial charge in [0.2, 0.25) is 0 Å². The average molecular weight is 266 g/mol. The molecule has 0 aliphatic rings. The fourth-order valence-corrected chi connectivity index (χ4v) is 2.53. The van der Waals surface area contributed by atoms with Gasteiger partial charge in [0.25, 0.3) is 0 Å². The van der Waals surface area contributed by atoms with Gasteiger partial charge in [-0.15, -0.1) is 0 Å². The van der Waals surface area contributed by atoms with Crippen LogP contribution in [0.4, 0.5) is 0 Å². The van der Waals surface area contributed by atoms with Gasteiger partial charge in [-0.3, -0.25) is 16.0 Å². The summed E-state index contributed by atoms with van der Waals surface area (Å²) in [5.41, 5.74) is 4.13. The van der Waals surface area contributed by atoms with Gasteiger partial charge in [-0.2, -0.15) is 5.10 Å². The molecule has 0 saturated heterocycles. The van der Waals surface area contributed by atoms with E-state index < -0.39 is 0 Å². The van der Waals surface area contributed by atoms with Crippen molar-refractivity contribution in [3.63, 3.8) is 0 Å². The Kier molecular flexibility index (Phi) is 8.50. The number of nitrogens with two attached hydrogens (primary N) is 1. The van der Waals surface area contributed by atoms with Gasteiger partial charge in [0.1, 0.15) is 0 Å². The lowest BCUT2D eigenvalue weighted by atomic mass is 10.0. The zero-order valence-corrected chi connectivity index (χ0v) is 12.6. The summed E-state index contributed by atoms with van der Waals surface area (Å²) in [6, 6.07) is 2.30. The second-order valence-electron chi connectivity index (χ2n) is 5.20. The van der Waals surface area contributed by atoms with Crippen LogP contribution in [0.15, 0.2) is 12.3 Å². The first-order valence-electron chi connectivity index (χ1n) is 7.81. The van der Waals surface area contributed by atoms with Crippen LogP contribution in [0.1, 0.15) is 76.9 Å². The largest absolute Gasteiger partial charge is 0.271 e. The molecule has 19 heavy (non-hydrogen) atoms. The number of hydrazine groups is 1. The van der Waals surface area contributed by atoms with E-state index in [1.807, 2.05) is 10.9 Å². The quantitative estimate of drug-likeness (QED) is 0.366. The normalized spacial score (nSPS) is 12.8. The Morgan fingerprint density at radius 3 is 2.47 bits per heavy atom. The summed E-state index contributed by atoms with van der Waals surface area (Å²) in [5.74, 6) is 5.68. The first-order valence-corrected chi connectivity index (χ1v) is 7.81. The lowest BCUT2D eigenvalue weighted by Gasteiger charge is -2.17. The summed E-state index contributed by atoms with van der Waals surface area (Å²) >= 11 is 0. The highest BCUT2D eigenvalue weighted by atomic mass is 15.3. The van der Waals surface area contributed by atoms with Crippen molar-refractivity contribution in [3.05, 3.63) is 18.0 Å². The minimum absolute atomic E-state index is 0.234. The molecule has 110 valence electrons. The van der Waals surface area contributed by atoms with E-state index in [2.05, 4.69) is 30.4 Å². The van der Waals surface area contributed by atoms with Crippen molar-refractivity contribution in [1.29, 1.82) is 0 Å². The smallest absolute Gasteiger partial charge is 0.0629 e. The van der Waals surface area contributed by atoms with Gasteiger partial charge in [0.15, 0.2) is 0 Å². The van der Waals surface area contributed by atoms with Crippen molar-refractivity contribution >= 4 is 0 Å². The molecule has 4 nitrogen and oxygen atoms in total.